The van der Waals surface area contributed by atoms with Gasteiger partial charge in [-0.05, 0) is 30.2 Å². The van der Waals surface area contributed by atoms with Crippen LogP contribution >= 0.6 is 0 Å². The van der Waals surface area contributed by atoms with Crippen molar-refractivity contribution in [3.05, 3.63) is 42.1 Å². The van der Waals surface area contributed by atoms with Crippen LogP contribution in [-0.2, 0) is 4.79 Å². The normalized spacial score (nSPS) is 12.3. The first-order valence-corrected chi connectivity index (χ1v) is 6.37. The summed E-state index contributed by atoms with van der Waals surface area (Å²) in [5, 5.41) is 12.5. The highest BCUT2D eigenvalue weighted by Crippen LogP contribution is 2.14. The minimum Gasteiger partial charge on any atom is -0.480 e. The molecule has 0 unspecified atom stereocenters. The Morgan fingerprint density at radius 3 is 2.65 bits per heavy atom. The van der Waals surface area contributed by atoms with Crippen molar-refractivity contribution in [1.29, 1.82) is 0 Å². The van der Waals surface area contributed by atoms with Gasteiger partial charge in [0, 0.05) is 17.1 Å². The molecule has 1 heterocycles. The summed E-state index contributed by atoms with van der Waals surface area (Å²) in [7, 11) is 0. The second-order valence-electron chi connectivity index (χ2n) is 4.94. The van der Waals surface area contributed by atoms with E-state index >= 15 is 0 Å². The number of benzene rings is 1. The molecule has 0 aliphatic rings. The average Bonchev–Trinajstić information content (AvgIpc) is 2.43. The molecule has 1 atom stereocenters. The fourth-order valence-corrected chi connectivity index (χ4v) is 1.95. The Kier molecular flexibility index (Phi) is 3.98. The molecule has 0 aliphatic carbocycles. The lowest BCUT2D eigenvalue weighted by atomic mass is 10.0. The number of hydrogen-bond donors (Lipinski definition) is 2. The first kappa shape index (κ1) is 14.0. The summed E-state index contributed by atoms with van der Waals surface area (Å²) in [6, 6.07) is 7.84. The van der Waals surface area contributed by atoms with E-state index in [1.807, 2.05) is 6.07 Å². The van der Waals surface area contributed by atoms with E-state index < -0.39 is 17.9 Å². The van der Waals surface area contributed by atoms with E-state index in [0.717, 1.165) is 10.9 Å². The van der Waals surface area contributed by atoms with Crippen molar-refractivity contribution in [2.45, 2.75) is 19.9 Å². The molecular weight excluding hydrogens is 256 g/mol. The third kappa shape index (κ3) is 2.93. The zero-order valence-electron chi connectivity index (χ0n) is 11.3. The van der Waals surface area contributed by atoms with Crippen LogP contribution in [0.2, 0.25) is 0 Å². The van der Waals surface area contributed by atoms with Crippen LogP contribution in [0.3, 0.4) is 0 Å². The van der Waals surface area contributed by atoms with Crippen molar-refractivity contribution in [3.8, 4) is 0 Å². The Bertz CT molecular complexity index is 652. The van der Waals surface area contributed by atoms with Crippen LogP contribution in [0.25, 0.3) is 10.9 Å². The standard InChI is InChI=1S/C15H16N2O3/c1-9(2)13(15(19)20)17-14(18)11-5-6-12-10(8-11)4-3-7-16-12/h3-9,13H,1-2H3,(H,17,18)(H,19,20)/t13-/m0/s1. The smallest absolute Gasteiger partial charge is 0.326 e. The number of pyridine rings is 1. The summed E-state index contributed by atoms with van der Waals surface area (Å²) >= 11 is 0. The summed E-state index contributed by atoms with van der Waals surface area (Å²) in [6.45, 7) is 3.51. The second kappa shape index (κ2) is 5.69. The second-order valence-corrected chi connectivity index (χ2v) is 4.94. The minimum absolute atomic E-state index is 0.182. The number of carbonyl (C=O) groups is 2. The van der Waals surface area contributed by atoms with Gasteiger partial charge in [0.15, 0.2) is 0 Å². The highest BCUT2D eigenvalue weighted by molar-refractivity contribution is 5.99. The minimum atomic E-state index is -1.03. The maximum atomic E-state index is 12.1. The molecule has 2 N–H and O–H groups in total. The zero-order chi connectivity index (χ0) is 14.7. The van der Waals surface area contributed by atoms with Gasteiger partial charge in [-0.2, -0.15) is 0 Å². The van der Waals surface area contributed by atoms with Crippen LogP contribution in [0.4, 0.5) is 0 Å². The number of amides is 1. The monoisotopic (exact) mass is 272 g/mol. The van der Waals surface area contributed by atoms with Crippen LogP contribution in [0.15, 0.2) is 36.5 Å². The van der Waals surface area contributed by atoms with Gasteiger partial charge in [0.2, 0.25) is 0 Å². The average molecular weight is 272 g/mol. The number of rotatable bonds is 4. The molecule has 5 nitrogen and oxygen atoms in total. The molecule has 0 saturated heterocycles. The molecule has 20 heavy (non-hydrogen) atoms. The number of nitrogens with zero attached hydrogens (tertiary/aromatic N) is 1. The van der Waals surface area contributed by atoms with Gasteiger partial charge >= 0.3 is 5.97 Å². The van der Waals surface area contributed by atoms with Crippen molar-refractivity contribution in [2.24, 2.45) is 5.92 Å². The van der Waals surface area contributed by atoms with Crippen molar-refractivity contribution in [1.82, 2.24) is 10.3 Å². The molecule has 0 fully saturated rings. The number of aliphatic carboxylic acids is 1. The third-order valence-corrected chi connectivity index (χ3v) is 3.08. The van der Waals surface area contributed by atoms with Gasteiger partial charge in [0.1, 0.15) is 6.04 Å². The van der Waals surface area contributed by atoms with E-state index in [0.29, 0.717) is 5.56 Å². The number of nitrogens with one attached hydrogen (secondary N) is 1. The lowest BCUT2D eigenvalue weighted by molar-refractivity contribution is -0.140. The Balaban J connectivity index is 2.24. The maximum absolute atomic E-state index is 12.1. The lowest BCUT2D eigenvalue weighted by Crippen LogP contribution is -2.44. The van der Waals surface area contributed by atoms with Crippen LogP contribution < -0.4 is 5.32 Å². The van der Waals surface area contributed by atoms with E-state index in [2.05, 4.69) is 10.3 Å². The van der Waals surface area contributed by atoms with Crippen molar-refractivity contribution in [3.63, 3.8) is 0 Å². The molecule has 0 spiro atoms. The highest BCUT2D eigenvalue weighted by Gasteiger charge is 2.23. The van der Waals surface area contributed by atoms with Crippen molar-refractivity contribution in [2.75, 3.05) is 0 Å². The highest BCUT2D eigenvalue weighted by atomic mass is 16.4. The summed E-state index contributed by atoms with van der Waals surface area (Å²) in [4.78, 5) is 27.4. The molecule has 1 aromatic carbocycles. The number of carbonyl (C=O) groups excluding carboxylic acids is 1. The molecule has 0 aliphatic heterocycles. The molecule has 0 radical (unpaired) electrons. The molecule has 2 rings (SSSR count). The van der Waals surface area contributed by atoms with Gasteiger partial charge in [0.25, 0.3) is 5.91 Å². The van der Waals surface area contributed by atoms with Crippen molar-refractivity contribution >= 4 is 22.8 Å². The first-order valence-electron chi connectivity index (χ1n) is 6.37. The molecular formula is C15H16N2O3. The molecule has 1 amide bonds. The van der Waals surface area contributed by atoms with Gasteiger partial charge in [-0.15, -0.1) is 0 Å². The Hall–Kier alpha value is -2.43. The summed E-state index contributed by atoms with van der Waals surface area (Å²) < 4.78 is 0. The topological polar surface area (TPSA) is 79.3 Å². The van der Waals surface area contributed by atoms with Crippen LogP contribution in [0.5, 0.6) is 0 Å². The maximum Gasteiger partial charge on any atom is 0.326 e. The zero-order valence-corrected chi connectivity index (χ0v) is 11.3. The number of carboxylic acids is 1. The van der Waals surface area contributed by atoms with Gasteiger partial charge < -0.3 is 10.4 Å². The lowest BCUT2D eigenvalue weighted by Gasteiger charge is -2.17. The Morgan fingerprint density at radius 2 is 2.00 bits per heavy atom. The molecule has 5 heteroatoms. The summed E-state index contributed by atoms with van der Waals surface area (Å²) in [5.41, 5.74) is 1.22. The third-order valence-electron chi connectivity index (χ3n) is 3.08. The number of carboxylic acid groups (broad SMARTS) is 1. The van der Waals surface area contributed by atoms with Crippen LogP contribution in [-0.4, -0.2) is 28.0 Å². The van der Waals surface area contributed by atoms with E-state index in [4.69, 9.17) is 5.11 Å². The quantitative estimate of drug-likeness (QED) is 0.893. The Labute approximate surface area is 116 Å². The largest absolute Gasteiger partial charge is 0.480 e. The molecule has 104 valence electrons. The molecule has 0 saturated carbocycles. The van der Waals surface area contributed by atoms with E-state index in [9.17, 15) is 9.59 Å². The van der Waals surface area contributed by atoms with E-state index in [-0.39, 0.29) is 5.92 Å². The van der Waals surface area contributed by atoms with Crippen LogP contribution in [0.1, 0.15) is 24.2 Å². The van der Waals surface area contributed by atoms with Gasteiger partial charge in [-0.1, -0.05) is 19.9 Å². The van der Waals surface area contributed by atoms with E-state index in [1.165, 1.54) is 0 Å². The fraction of sp³-hybridized carbons (Fsp3) is 0.267. The van der Waals surface area contributed by atoms with Crippen molar-refractivity contribution < 1.29 is 14.7 Å². The number of hydrogen-bond acceptors (Lipinski definition) is 3. The summed E-state index contributed by atoms with van der Waals surface area (Å²) in [6.07, 6.45) is 1.68. The Morgan fingerprint density at radius 1 is 1.25 bits per heavy atom. The molecule has 2 aromatic rings. The predicted molar refractivity (Wildman–Crippen MR) is 75.5 cm³/mol. The van der Waals surface area contributed by atoms with Crippen LogP contribution in [0, 0.1) is 5.92 Å². The van der Waals surface area contributed by atoms with Gasteiger partial charge in [0.05, 0.1) is 5.52 Å². The SMILES string of the molecule is CC(C)[C@H](NC(=O)c1ccc2ncccc2c1)C(=O)O. The fourth-order valence-electron chi connectivity index (χ4n) is 1.95. The van der Waals surface area contributed by atoms with Gasteiger partial charge in [-0.3, -0.25) is 9.78 Å². The number of aromatic nitrogens is 1. The van der Waals surface area contributed by atoms with E-state index in [1.54, 1.807) is 44.3 Å². The predicted octanol–water partition coefficient (Wildman–Crippen LogP) is 2.07. The number of fused-ring (bicyclic) bond motifs is 1. The van der Waals surface area contributed by atoms with Gasteiger partial charge in [-0.25, -0.2) is 4.79 Å². The summed E-state index contributed by atoms with van der Waals surface area (Å²) in [5.74, 6) is -1.61. The molecule has 0 bridgehead atoms. The first-order chi connectivity index (χ1) is 9.49. The molecule has 1 aromatic heterocycles.